The monoisotopic (exact) mass is 709 g/mol. The van der Waals surface area contributed by atoms with Crippen LogP contribution in [0.25, 0.3) is 0 Å². The molecule has 0 aliphatic carbocycles. The van der Waals surface area contributed by atoms with Crippen molar-refractivity contribution in [2.45, 2.75) is 57.7 Å². The smallest absolute Gasteiger partial charge is 0.341 e. The number of carboxylic acids is 1. The second-order valence-corrected chi connectivity index (χ2v) is 12.6. The van der Waals surface area contributed by atoms with Crippen LogP contribution in [0, 0.1) is 5.92 Å². The van der Waals surface area contributed by atoms with Gasteiger partial charge in [0.2, 0.25) is 5.91 Å². The number of carboxylic acid groups (broad SMARTS) is 1. The van der Waals surface area contributed by atoms with Crippen LogP contribution >= 0.6 is 23.2 Å². The number of nitrogens with one attached hydrogen (secondary N) is 2. The molecule has 0 bridgehead atoms. The molecule has 3 N–H and O–H groups in total. The third kappa shape index (κ3) is 9.05. The van der Waals surface area contributed by atoms with E-state index in [9.17, 15) is 29.1 Å². The van der Waals surface area contributed by atoms with Gasteiger partial charge in [0.25, 0.3) is 5.91 Å². The highest BCUT2D eigenvalue weighted by Crippen LogP contribution is 2.33. The summed E-state index contributed by atoms with van der Waals surface area (Å²) in [6.45, 7) is 4.75. The van der Waals surface area contributed by atoms with Crippen LogP contribution < -0.4 is 15.7 Å². The molecule has 3 atom stereocenters. The molecule has 49 heavy (non-hydrogen) atoms. The lowest BCUT2D eigenvalue weighted by Gasteiger charge is -2.35. The van der Waals surface area contributed by atoms with Gasteiger partial charge in [-0.3, -0.25) is 29.5 Å². The fourth-order valence-electron chi connectivity index (χ4n) is 5.50. The number of carbonyl (C=O) groups excluding carboxylic acids is 4. The van der Waals surface area contributed by atoms with Gasteiger partial charge in [-0.1, -0.05) is 98.6 Å². The summed E-state index contributed by atoms with van der Waals surface area (Å²) in [6, 6.07) is 20.3. The molecular formula is C36H37Cl2N3O8. The number of amides is 2. The predicted molar refractivity (Wildman–Crippen MR) is 184 cm³/mol. The highest BCUT2D eigenvalue weighted by Gasteiger charge is 2.47. The summed E-state index contributed by atoms with van der Waals surface area (Å²) in [5, 5.41) is 12.1. The molecule has 1 heterocycles. The number of Topliss-reactive ketones (excluding diaryl/α,β-unsaturated/α-hetero) is 1. The van der Waals surface area contributed by atoms with Gasteiger partial charge in [-0.2, -0.15) is 0 Å². The van der Waals surface area contributed by atoms with E-state index in [4.69, 9.17) is 32.8 Å². The molecule has 3 aromatic carbocycles. The number of anilines is 1. The summed E-state index contributed by atoms with van der Waals surface area (Å²) in [5.74, 6) is -4.40. The molecule has 0 spiro atoms. The maximum Gasteiger partial charge on any atom is 0.341 e. The van der Waals surface area contributed by atoms with Crippen LogP contribution in [0.1, 0.15) is 49.5 Å². The van der Waals surface area contributed by atoms with Crippen LogP contribution in [0.3, 0.4) is 0 Å². The zero-order valence-corrected chi connectivity index (χ0v) is 28.7. The Labute approximate surface area is 294 Å². The molecule has 258 valence electrons. The van der Waals surface area contributed by atoms with E-state index in [1.165, 1.54) is 18.2 Å². The molecule has 1 aliphatic heterocycles. The summed E-state index contributed by atoms with van der Waals surface area (Å²) < 4.78 is 5.12. The number of aliphatic carboxylic acids is 1. The first kappa shape index (κ1) is 37.1. The molecule has 3 aromatic rings. The number of halogens is 2. The number of hydrogen-bond acceptors (Lipinski definition) is 8. The molecule has 0 fully saturated rings. The second-order valence-electron chi connectivity index (χ2n) is 11.8. The summed E-state index contributed by atoms with van der Waals surface area (Å²) >= 11 is 12.2. The quantitative estimate of drug-likeness (QED) is 0.173. The lowest BCUT2D eigenvalue weighted by atomic mass is 9.89. The average Bonchev–Trinajstić information content (AvgIpc) is 3.50. The van der Waals surface area contributed by atoms with Crippen LogP contribution in [0.5, 0.6) is 0 Å². The largest absolute Gasteiger partial charge is 0.481 e. The lowest BCUT2D eigenvalue weighted by Crippen LogP contribution is -2.54. The van der Waals surface area contributed by atoms with Crippen molar-refractivity contribution in [2.75, 3.05) is 11.5 Å². The number of benzene rings is 3. The Morgan fingerprint density at radius 1 is 0.939 bits per heavy atom. The number of ketones is 1. The molecule has 1 unspecified atom stereocenters. The van der Waals surface area contributed by atoms with E-state index >= 15 is 0 Å². The van der Waals surface area contributed by atoms with Crippen LogP contribution in [0.4, 0.5) is 5.69 Å². The van der Waals surface area contributed by atoms with Crippen molar-refractivity contribution in [3.8, 4) is 0 Å². The zero-order chi connectivity index (χ0) is 35.7. The number of rotatable bonds is 15. The zero-order valence-electron chi connectivity index (χ0n) is 27.2. The lowest BCUT2D eigenvalue weighted by molar-refractivity contribution is -0.148. The number of hydroxylamine groups is 1. The maximum atomic E-state index is 14.2. The predicted octanol–water partition coefficient (Wildman–Crippen LogP) is 5.55. The van der Waals surface area contributed by atoms with Crippen molar-refractivity contribution >= 4 is 58.4 Å². The maximum absolute atomic E-state index is 14.2. The van der Waals surface area contributed by atoms with Crippen molar-refractivity contribution in [1.82, 2.24) is 10.8 Å². The van der Waals surface area contributed by atoms with Gasteiger partial charge >= 0.3 is 11.9 Å². The molecule has 13 heteroatoms. The molecule has 0 saturated carbocycles. The van der Waals surface area contributed by atoms with Crippen molar-refractivity contribution < 1.29 is 38.7 Å². The van der Waals surface area contributed by atoms with Crippen molar-refractivity contribution in [2.24, 2.45) is 5.92 Å². The van der Waals surface area contributed by atoms with Crippen LogP contribution in [0.2, 0.25) is 10.0 Å². The van der Waals surface area contributed by atoms with Gasteiger partial charge in [0.15, 0.2) is 18.0 Å². The second kappa shape index (κ2) is 16.6. The number of hydrogen-bond donors (Lipinski definition) is 3. The minimum atomic E-state index is -1.78. The van der Waals surface area contributed by atoms with Gasteiger partial charge < -0.3 is 20.1 Å². The van der Waals surface area contributed by atoms with Gasteiger partial charge in [0, 0.05) is 18.5 Å². The fraction of sp³-hybridized carbons (Fsp3) is 0.306. The SMILES string of the molecule is CCC(=O)N(c1ccccc1)[C@H](C1=CC(Cc2ccccc2)(C(=O)N[C@@H](CC(=O)O)C(=O)COC(=O)c2c(Cl)cccc2Cl)ON1)C(C)C. The fourth-order valence-corrected chi connectivity index (χ4v) is 6.05. The van der Waals surface area contributed by atoms with E-state index in [1.807, 2.05) is 50.2 Å². The Morgan fingerprint density at radius 3 is 2.12 bits per heavy atom. The van der Waals surface area contributed by atoms with E-state index in [0.717, 1.165) is 0 Å². The van der Waals surface area contributed by atoms with E-state index < -0.39 is 54.3 Å². The molecule has 4 rings (SSSR count). The number of nitrogens with zero attached hydrogens (tertiary/aromatic N) is 1. The molecular weight excluding hydrogens is 673 g/mol. The molecule has 0 radical (unpaired) electrons. The van der Waals surface area contributed by atoms with Gasteiger partial charge in [0.1, 0.15) is 6.04 Å². The third-order valence-corrected chi connectivity index (χ3v) is 8.48. The minimum Gasteiger partial charge on any atom is -0.481 e. The van der Waals surface area contributed by atoms with Crippen molar-refractivity contribution in [3.63, 3.8) is 0 Å². The Morgan fingerprint density at radius 2 is 1.55 bits per heavy atom. The number of carbonyl (C=O) groups is 5. The number of ether oxygens (including phenoxy) is 1. The summed E-state index contributed by atoms with van der Waals surface area (Å²) in [7, 11) is 0. The molecule has 1 aliphatic rings. The summed E-state index contributed by atoms with van der Waals surface area (Å²) in [6.07, 6.45) is 0.971. The minimum absolute atomic E-state index is 0.00262. The summed E-state index contributed by atoms with van der Waals surface area (Å²) in [5.41, 5.74) is 2.73. The van der Waals surface area contributed by atoms with Crippen molar-refractivity contribution in [3.05, 3.63) is 112 Å². The Hall–Kier alpha value is -4.71. The highest BCUT2D eigenvalue weighted by molar-refractivity contribution is 6.39. The molecule has 0 aromatic heterocycles. The topological polar surface area (TPSA) is 151 Å². The Kier molecular flexibility index (Phi) is 12.6. The van der Waals surface area contributed by atoms with Crippen LogP contribution in [-0.4, -0.2) is 58.9 Å². The van der Waals surface area contributed by atoms with Crippen LogP contribution in [0.15, 0.2) is 90.6 Å². The first-order valence-electron chi connectivity index (χ1n) is 15.6. The number of esters is 1. The Bertz CT molecular complexity index is 1700. The first-order chi connectivity index (χ1) is 23.4. The summed E-state index contributed by atoms with van der Waals surface area (Å²) in [4.78, 5) is 73.1. The Balaban J connectivity index is 1.67. The third-order valence-electron chi connectivity index (χ3n) is 7.85. The van der Waals surface area contributed by atoms with E-state index in [2.05, 4.69) is 10.8 Å². The standard InChI is InChI=1S/C36H37Cl2N3O8/c1-4-30(43)41(24-14-9-6-10-15-24)33(22(2)3)28-20-36(49-40-28,19-23-12-7-5-8-13-23)35(47)39-27(18-31(44)45)29(42)21-48-34(46)32-25(37)16-11-17-26(32)38/h5-17,20,22,27,33,40H,4,18-19,21H2,1-3H3,(H,39,47)(H,44,45)/t27-,33-,36?/m0/s1. The van der Waals surface area contributed by atoms with Crippen LogP contribution in [-0.2, 0) is 35.2 Å². The van der Waals surface area contributed by atoms with E-state index in [1.54, 1.807) is 42.2 Å². The molecule has 0 saturated heterocycles. The van der Waals surface area contributed by atoms with Gasteiger partial charge in [0.05, 0.1) is 33.8 Å². The van der Waals surface area contributed by atoms with Gasteiger partial charge in [-0.25, -0.2) is 4.79 Å². The number of para-hydroxylation sites is 1. The van der Waals surface area contributed by atoms with Crippen molar-refractivity contribution in [1.29, 1.82) is 0 Å². The first-order valence-corrected chi connectivity index (χ1v) is 16.4. The van der Waals surface area contributed by atoms with Gasteiger partial charge in [-0.05, 0) is 41.8 Å². The van der Waals surface area contributed by atoms with E-state index in [-0.39, 0.29) is 40.3 Å². The highest BCUT2D eigenvalue weighted by atomic mass is 35.5. The van der Waals surface area contributed by atoms with Gasteiger partial charge in [-0.15, -0.1) is 0 Å². The van der Waals surface area contributed by atoms with E-state index in [0.29, 0.717) is 16.9 Å². The normalized spacial score (nSPS) is 16.6. The molecule has 11 nitrogen and oxygen atoms in total. The average molecular weight is 711 g/mol. The molecule has 2 amide bonds.